The molecule has 21 heavy (non-hydrogen) atoms. The van der Waals surface area contributed by atoms with Crippen molar-refractivity contribution in [3.05, 3.63) is 47.0 Å². The molecule has 1 aromatic heterocycles. The van der Waals surface area contributed by atoms with Gasteiger partial charge in [-0.1, -0.05) is 11.6 Å². The van der Waals surface area contributed by atoms with Crippen LogP contribution in [0, 0.1) is 0 Å². The topological polar surface area (TPSA) is 115 Å². The van der Waals surface area contributed by atoms with Crippen molar-refractivity contribution >= 4 is 23.5 Å². The Hall–Kier alpha value is -2.54. The van der Waals surface area contributed by atoms with Crippen molar-refractivity contribution < 1.29 is 19.8 Å². The Morgan fingerprint density at radius 1 is 1.43 bits per heavy atom. The molecular formula is C13H12ClN3O4. The Balaban J connectivity index is 2.12. The van der Waals surface area contributed by atoms with Crippen LogP contribution in [0.25, 0.3) is 0 Å². The van der Waals surface area contributed by atoms with E-state index in [1.807, 2.05) is 0 Å². The maximum absolute atomic E-state index is 12.0. The minimum absolute atomic E-state index is 0.0461. The number of carbonyl (C=O) groups is 2. The molecule has 1 heterocycles. The van der Waals surface area contributed by atoms with Crippen LogP contribution in [0.1, 0.15) is 16.1 Å². The number of aliphatic carboxylic acids is 1. The average Bonchev–Trinajstić information content (AvgIpc) is 2.90. The van der Waals surface area contributed by atoms with E-state index in [1.54, 1.807) is 0 Å². The summed E-state index contributed by atoms with van der Waals surface area (Å²) in [5, 5.41) is 21.4. The van der Waals surface area contributed by atoms with Gasteiger partial charge in [-0.15, -0.1) is 0 Å². The SMILES string of the molecule is O=C(N[C@H](Cc1cnc[nH]1)C(=O)O)c1ccc(Cl)cc1O. The van der Waals surface area contributed by atoms with Crippen LogP contribution in [0.5, 0.6) is 5.75 Å². The van der Waals surface area contributed by atoms with Gasteiger partial charge in [-0.05, 0) is 18.2 Å². The first-order valence-corrected chi connectivity index (χ1v) is 6.34. The van der Waals surface area contributed by atoms with E-state index in [1.165, 1.54) is 30.7 Å². The van der Waals surface area contributed by atoms with Gasteiger partial charge in [0, 0.05) is 23.3 Å². The number of carbonyl (C=O) groups excluding carboxylic acids is 1. The second kappa shape index (κ2) is 6.27. The quantitative estimate of drug-likeness (QED) is 0.662. The number of phenolic OH excluding ortho intramolecular Hbond substituents is 1. The number of carboxylic acids is 1. The third kappa shape index (κ3) is 3.73. The molecule has 0 bridgehead atoms. The van der Waals surface area contributed by atoms with Gasteiger partial charge in [0.1, 0.15) is 11.8 Å². The standard InChI is InChI=1S/C13H12ClN3O4/c14-7-1-2-9(11(18)3-7)12(19)17-10(13(20)21)4-8-5-15-6-16-8/h1-3,5-6,10,18H,4H2,(H,15,16)(H,17,19)(H,20,21)/t10-/m1/s1. The van der Waals surface area contributed by atoms with E-state index in [4.69, 9.17) is 16.7 Å². The van der Waals surface area contributed by atoms with Crippen LogP contribution >= 0.6 is 11.6 Å². The van der Waals surface area contributed by atoms with E-state index in [0.29, 0.717) is 5.69 Å². The highest BCUT2D eigenvalue weighted by Gasteiger charge is 2.23. The van der Waals surface area contributed by atoms with Gasteiger partial charge in [0.2, 0.25) is 0 Å². The fourth-order valence-electron chi connectivity index (χ4n) is 1.75. The van der Waals surface area contributed by atoms with Crippen LogP contribution in [-0.4, -0.2) is 38.1 Å². The lowest BCUT2D eigenvalue weighted by Crippen LogP contribution is -2.42. The maximum Gasteiger partial charge on any atom is 0.326 e. The number of halogens is 1. The second-order valence-electron chi connectivity index (χ2n) is 4.31. The molecule has 8 heteroatoms. The monoisotopic (exact) mass is 309 g/mol. The fraction of sp³-hybridized carbons (Fsp3) is 0.154. The summed E-state index contributed by atoms with van der Waals surface area (Å²) in [5.41, 5.74) is 0.526. The Kier molecular flexibility index (Phi) is 4.44. The third-order valence-corrected chi connectivity index (χ3v) is 3.02. The fourth-order valence-corrected chi connectivity index (χ4v) is 1.92. The molecule has 0 unspecified atom stereocenters. The number of aromatic hydroxyl groups is 1. The molecule has 0 saturated heterocycles. The summed E-state index contributed by atoms with van der Waals surface area (Å²) in [6.07, 6.45) is 2.94. The predicted octanol–water partition coefficient (Wildman–Crippen LogP) is 1.19. The van der Waals surface area contributed by atoms with Crippen LogP contribution < -0.4 is 5.32 Å². The van der Waals surface area contributed by atoms with Gasteiger partial charge in [0.15, 0.2) is 0 Å². The molecule has 0 spiro atoms. The van der Waals surface area contributed by atoms with Crippen molar-refractivity contribution in [1.82, 2.24) is 15.3 Å². The van der Waals surface area contributed by atoms with E-state index >= 15 is 0 Å². The highest BCUT2D eigenvalue weighted by Crippen LogP contribution is 2.21. The normalized spacial score (nSPS) is 11.9. The van der Waals surface area contributed by atoms with Crippen LogP contribution in [0.15, 0.2) is 30.7 Å². The summed E-state index contributed by atoms with van der Waals surface area (Å²) < 4.78 is 0. The maximum atomic E-state index is 12.0. The number of nitrogens with zero attached hydrogens (tertiary/aromatic N) is 1. The second-order valence-corrected chi connectivity index (χ2v) is 4.74. The minimum atomic E-state index is -1.19. The van der Waals surface area contributed by atoms with Gasteiger partial charge in [-0.3, -0.25) is 4.79 Å². The van der Waals surface area contributed by atoms with Gasteiger partial charge in [0.05, 0.1) is 11.9 Å². The molecule has 0 saturated carbocycles. The number of hydrogen-bond donors (Lipinski definition) is 4. The molecule has 1 aromatic carbocycles. The number of carboxylic acid groups (broad SMARTS) is 1. The van der Waals surface area contributed by atoms with E-state index in [-0.39, 0.29) is 22.8 Å². The van der Waals surface area contributed by atoms with Gasteiger partial charge in [-0.25, -0.2) is 9.78 Å². The first kappa shape index (κ1) is 14.9. The zero-order valence-electron chi connectivity index (χ0n) is 10.7. The predicted molar refractivity (Wildman–Crippen MR) is 74.3 cm³/mol. The molecule has 0 fully saturated rings. The zero-order chi connectivity index (χ0) is 15.4. The molecule has 110 valence electrons. The van der Waals surface area contributed by atoms with Crippen molar-refractivity contribution in [2.75, 3.05) is 0 Å². The van der Waals surface area contributed by atoms with E-state index in [2.05, 4.69) is 15.3 Å². The molecule has 2 rings (SSSR count). The summed E-state index contributed by atoms with van der Waals surface area (Å²) in [6, 6.07) is 2.82. The lowest BCUT2D eigenvalue weighted by Gasteiger charge is -2.14. The first-order valence-electron chi connectivity index (χ1n) is 5.97. The Morgan fingerprint density at radius 2 is 2.19 bits per heavy atom. The number of rotatable bonds is 5. The average molecular weight is 310 g/mol. The number of aromatic amines is 1. The summed E-state index contributed by atoms with van der Waals surface area (Å²) >= 11 is 5.68. The molecule has 0 radical (unpaired) electrons. The van der Waals surface area contributed by atoms with Gasteiger partial charge >= 0.3 is 5.97 Å². The Labute approximate surface area is 124 Å². The lowest BCUT2D eigenvalue weighted by atomic mass is 10.1. The van der Waals surface area contributed by atoms with Gasteiger partial charge in [-0.2, -0.15) is 0 Å². The Morgan fingerprint density at radius 3 is 2.76 bits per heavy atom. The number of nitrogens with one attached hydrogen (secondary N) is 2. The van der Waals surface area contributed by atoms with Gasteiger partial charge in [0.25, 0.3) is 5.91 Å². The molecule has 0 aliphatic heterocycles. The van der Waals surface area contributed by atoms with Crippen molar-refractivity contribution in [2.24, 2.45) is 0 Å². The Bertz CT molecular complexity index is 657. The van der Waals surface area contributed by atoms with Crippen molar-refractivity contribution in [3.8, 4) is 5.75 Å². The summed E-state index contributed by atoms with van der Waals surface area (Å²) in [4.78, 5) is 29.8. The molecule has 7 nitrogen and oxygen atoms in total. The number of hydrogen-bond acceptors (Lipinski definition) is 4. The molecular weight excluding hydrogens is 298 g/mol. The lowest BCUT2D eigenvalue weighted by molar-refractivity contribution is -0.139. The van der Waals surface area contributed by atoms with E-state index < -0.39 is 17.9 Å². The van der Waals surface area contributed by atoms with E-state index in [9.17, 15) is 14.7 Å². The summed E-state index contributed by atoms with van der Waals surface area (Å²) in [5.74, 6) is -2.20. The number of benzene rings is 1. The molecule has 1 atom stereocenters. The summed E-state index contributed by atoms with van der Waals surface area (Å²) in [7, 11) is 0. The number of imidazole rings is 1. The van der Waals surface area contributed by atoms with Crippen molar-refractivity contribution in [2.45, 2.75) is 12.5 Å². The molecule has 2 aromatic rings. The summed E-state index contributed by atoms with van der Waals surface area (Å²) in [6.45, 7) is 0. The molecule has 1 amide bonds. The smallest absolute Gasteiger partial charge is 0.326 e. The minimum Gasteiger partial charge on any atom is -0.507 e. The highest BCUT2D eigenvalue weighted by atomic mass is 35.5. The van der Waals surface area contributed by atoms with Crippen LogP contribution in [0.4, 0.5) is 0 Å². The number of amides is 1. The van der Waals surface area contributed by atoms with Crippen LogP contribution in [0.3, 0.4) is 0 Å². The third-order valence-electron chi connectivity index (χ3n) is 2.79. The van der Waals surface area contributed by atoms with Crippen molar-refractivity contribution in [3.63, 3.8) is 0 Å². The number of H-pyrrole nitrogens is 1. The first-order chi connectivity index (χ1) is 9.97. The van der Waals surface area contributed by atoms with Crippen molar-refractivity contribution in [1.29, 1.82) is 0 Å². The van der Waals surface area contributed by atoms with Gasteiger partial charge < -0.3 is 20.5 Å². The molecule has 0 aliphatic rings. The largest absolute Gasteiger partial charge is 0.507 e. The zero-order valence-corrected chi connectivity index (χ0v) is 11.5. The van der Waals surface area contributed by atoms with Crippen LogP contribution in [0.2, 0.25) is 5.02 Å². The van der Waals surface area contributed by atoms with E-state index in [0.717, 1.165) is 0 Å². The van der Waals surface area contributed by atoms with Crippen LogP contribution in [-0.2, 0) is 11.2 Å². The molecule has 0 aliphatic carbocycles. The number of phenols is 1. The number of aromatic nitrogens is 2. The molecule has 4 N–H and O–H groups in total. The highest BCUT2D eigenvalue weighted by molar-refractivity contribution is 6.30.